The van der Waals surface area contributed by atoms with Crippen LogP contribution in [0.15, 0.2) is 12.4 Å². The van der Waals surface area contributed by atoms with Crippen molar-refractivity contribution < 1.29 is 0 Å². The van der Waals surface area contributed by atoms with Crippen LogP contribution in [0.3, 0.4) is 0 Å². The molecule has 1 fully saturated rings. The van der Waals surface area contributed by atoms with Crippen LogP contribution in [-0.2, 0) is 0 Å². The molecule has 2 heterocycles. The van der Waals surface area contributed by atoms with Crippen molar-refractivity contribution >= 4 is 11.6 Å². The number of nitrogens with zero attached hydrogens (tertiary/aromatic N) is 4. The predicted octanol–water partition coefficient (Wildman–Crippen LogP) is 0.201. The van der Waals surface area contributed by atoms with Gasteiger partial charge in [0.05, 0.1) is 12.4 Å². The molecule has 0 spiro atoms. The Balaban J connectivity index is 2.06. The van der Waals surface area contributed by atoms with Gasteiger partial charge in [-0.15, -0.1) is 0 Å². The maximum atomic E-state index is 5.51. The van der Waals surface area contributed by atoms with E-state index in [9.17, 15) is 0 Å². The highest BCUT2D eigenvalue weighted by molar-refractivity contribution is 5.39. The second-order valence-corrected chi connectivity index (χ2v) is 3.94. The summed E-state index contributed by atoms with van der Waals surface area (Å²) in [6.45, 7) is 4.28. The van der Waals surface area contributed by atoms with Gasteiger partial charge in [-0.05, 0) is 20.0 Å². The molecule has 0 radical (unpaired) electrons. The van der Waals surface area contributed by atoms with Gasteiger partial charge in [-0.3, -0.25) is 0 Å². The zero-order valence-electron chi connectivity index (χ0n) is 9.06. The fourth-order valence-electron chi connectivity index (χ4n) is 1.77. The van der Waals surface area contributed by atoms with Crippen molar-refractivity contribution in [1.82, 2.24) is 14.9 Å². The first-order valence-corrected chi connectivity index (χ1v) is 5.27. The average molecular weight is 207 g/mol. The minimum absolute atomic E-state index is 0.477. The van der Waals surface area contributed by atoms with Crippen molar-refractivity contribution in [2.45, 2.75) is 6.42 Å². The lowest BCUT2D eigenvalue weighted by molar-refractivity contribution is 0.360. The molecule has 0 atom stereocenters. The molecule has 0 aromatic carbocycles. The van der Waals surface area contributed by atoms with Crippen LogP contribution in [0.1, 0.15) is 6.42 Å². The SMILES string of the molecule is CN1CCCN(c2cnc(N)cn2)CC1. The largest absolute Gasteiger partial charge is 0.382 e. The van der Waals surface area contributed by atoms with Crippen LogP contribution in [-0.4, -0.2) is 48.1 Å². The van der Waals surface area contributed by atoms with Crippen molar-refractivity contribution in [2.75, 3.05) is 43.9 Å². The van der Waals surface area contributed by atoms with Gasteiger partial charge in [0.2, 0.25) is 0 Å². The van der Waals surface area contributed by atoms with Crippen LogP contribution >= 0.6 is 0 Å². The standard InChI is InChI=1S/C10H17N5/c1-14-3-2-4-15(6-5-14)10-8-12-9(11)7-13-10/h7-8H,2-6H2,1H3,(H2,11,12). The number of nitrogen functional groups attached to an aromatic ring is 1. The van der Waals surface area contributed by atoms with E-state index in [0.717, 1.165) is 32.0 Å². The maximum Gasteiger partial charge on any atom is 0.147 e. The lowest BCUT2D eigenvalue weighted by Gasteiger charge is -2.20. The normalized spacial score (nSPS) is 18.9. The molecule has 1 aromatic rings. The van der Waals surface area contributed by atoms with Crippen molar-refractivity contribution in [3.63, 3.8) is 0 Å². The van der Waals surface area contributed by atoms with Gasteiger partial charge in [-0.1, -0.05) is 0 Å². The van der Waals surface area contributed by atoms with E-state index in [1.807, 2.05) is 0 Å². The highest BCUT2D eigenvalue weighted by atomic mass is 15.2. The second kappa shape index (κ2) is 4.44. The summed E-state index contributed by atoms with van der Waals surface area (Å²) in [6, 6.07) is 0. The predicted molar refractivity (Wildman–Crippen MR) is 60.8 cm³/mol. The minimum atomic E-state index is 0.477. The number of nitrogens with two attached hydrogens (primary N) is 1. The summed E-state index contributed by atoms with van der Waals surface area (Å²) in [6.07, 6.45) is 4.53. The Morgan fingerprint density at radius 1 is 1.13 bits per heavy atom. The van der Waals surface area contributed by atoms with Crippen LogP contribution in [0, 0.1) is 0 Å². The number of anilines is 2. The Bertz CT molecular complexity index is 310. The summed E-state index contributed by atoms with van der Waals surface area (Å²) in [7, 11) is 2.15. The van der Waals surface area contributed by atoms with E-state index in [-0.39, 0.29) is 0 Å². The summed E-state index contributed by atoms with van der Waals surface area (Å²) in [5, 5.41) is 0. The van der Waals surface area contributed by atoms with Gasteiger partial charge in [-0.25, -0.2) is 9.97 Å². The van der Waals surface area contributed by atoms with Crippen molar-refractivity contribution in [1.29, 1.82) is 0 Å². The van der Waals surface area contributed by atoms with Gasteiger partial charge in [0.1, 0.15) is 11.6 Å². The fourth-order valence-corrected chi connectivity index (χ4v) is 1.77. The van der Waals surface area contributed by atoms with Crippen LogP contribution in [0.2, 0.25) is 0 Å². The van der Waals surface area contributed by atoms with Crippen molar-refractivity contribution in [2.24, 2.45) is 0 Å². The van der Waals surface area contributed by atoms with E-state index in [1.165, 1.54) is 6.42 Å². The Labute approximate surface area is 89.9 Å². The fraction of sp³-hybridized carbons (Fsp3) is 0.600. The maximum absolute atomic E-state index is 5.51. The van der Waals surface area contributed by atoms with Crippen LogP contribution in [0.5, 0.6) is 0 Å². The molecule has 0 aliphatic carbocycles. The quantitative estimate of drug-likeness (QED) is 0.713. The molecule has 1 saturated heterocycles. The van der Waals surface area contributed by atoms with E-state index < -0.39 is 0 Å². The molecule has 2 rings (SSSR count). The molecule has 2 N–H and O–H groups in total. The molecule has 1 aromatic heterocycles. The molecule has 82 valence electrons. The second-order valence-electron chi connectivity index (χ2n) is 3.94. The average Bonchev–Trinajstić information content (AvgIpc) is 2.44. The molecule has 0 unspecified atom stereocenters. The molecule has 0 amide bonds. The molecule has 5 nitrogen and oxygen atoms in total. The number of hydrogen-bond donors (Lipinski definition) is 1. The lowest BCUT2D eigenvalue weighted by Crippen LogP contribution is -2.29. The van der Waals surface area contributed by atoms with Gasteiger partial charge in [0.25, 0.3) is 0 Å². The molecule has 5 heteroatoms. The Kier molecular flexibility index (Phi) is 3.01. The number of hydrogen-bond acceptors (Lipinski definition) is 5. The third-order valence-electron chi connectivity index (χ3n) is 2.70. The molecule has 15 heavy (non-hydrogen) atoms. The zero-order valence-corrected chi connectivity index (χ0v) is 9.06. The van der Waals surface area contributed by atoms with E-state index in [2.05, 4.69) is 26.8 Å². The lowest BCUT2D eigenvalue weighted by atomic mass is 10.4. The van der Waals surface area contributed by atoms with Gasteiger partial charge in [0, 0.05) is 19.6 Å². The Hall–Kier alpha value is -1.36. The van der Waals surface area contributed by atoms with Crippen LogP contribution in [0.25, 0.3) is 0 Å². The van der Waals surface area contributed by atoms with E-state index in [0.29, 0.717) is 5.82 Å². The van der Waals surface area contributed by atoms with Gasteiger partial charge < -0.3 is 15.5 Å². The van der Waals surface area contributed by atoms with Gasteiger partial charge in [0.15, 0.2) is 0 Å². The molecule has 0 bridgehead atoms. The third kappa shape index (κ3) is 2.56. The molecular weight excluding hydrogens is 190 g/mol. The number of rotatable bonds is 1. The molecule has 0 saturated carbocycles. The molecular formula is C10H17N5. The first-order valence-electron chi connectivity index (χ1n) is 5.27. The molecule has 1 aliphatic heterocycles. The summed E-state index contributed by atoms with van der Waals surface area (Å²) < 4.78 is 0. The van der Waals surface area contributed by atoms with Crippen molar-refractivity contribution in [3.05, 3.63) is 12.4 Å². The van der Waals surface area contributed by atoms with E-state index >= 15 is 0 Å². The summed E-state index contributed by atoms with van der Waals surface area (Å²) in [5.74, 6) is 1.41. The minimum Gasteiger partial charge on any atom is -0.382 e. The first kappa shape index (κ1) is 10.2. The summed E-state index contributed by atoms with van der Waals surface area (Å²) in [5.41, 5.74) is 5.51. The van der Waals surface area contributed by atoms with Gasteiger partial charge >= 0.3 is 0 Å². The highest BCUT2D eigenvalue weighted by Gasteiger charge is 2.13. The number of likely N-dealkylation sites (N-methyl/N-ethyl adjacent to an activating group) is 1. The summed E-state index contributed by atoms with van der Waals surface area (Å²) >= 11 is 0. The van der Waals surface area contributed by atoms with Crippen molar-refractivity contribution in [3.8, 4) is 0 Å². The third-order valence-corrected chi connectivity index (χ3v) is 2.70. The highest BCUT2D eigenvalue weighted by Crippen LogP contribution is 2.12. The van der Waals surface area contributed by atoms with E-state index in [4.69, 9.17) is 5.73 Å². The van der Waals surface area contributed by atoms with Crippen LogP contribution < -0.4 is 10.6 Å². The van der Waals surface area contributed by atoms with Crippen LogP contribution in [0.4, 0.5) is 11.6 Å². The van der Waals surface area contributed by atoms with E-state index in [1.54, 1.807) is 12.4 Å². The monoisotopic (exact) mass is 207 g/mol. The topological polar surface area (TPSA) is 58.3 Å². The van der Waals surface area contributed by atoms with Gasteiger partial charge in [-0.2, -0.15) is 0 Å². The Morgan fingerprint density at radius 3 is 2.73 bits per heavy atom. The summed E-state index contributed by atoms with van der Waals surface area (Å²) in [4.78, 5) is 13.0. The number of aromatic nitrogens is 2. The Morgan fingerprint density at radius 2 is 2.00 bits per heavy atom. The smallest absolute Gasteiger partial charge is 0.147 e. The zero-order chi connectivity index (χ0) is 10.7. The molecule has 1 aliphatic rings. The first-order chi connectivity index (χ1) is 7.25.